The summed E-state index contributed by atoms with van der Waals surface area (Å²) in [5.74, 6) is 0.688. The van der Waals surface area contributed by atoms with Gasteiger partial charge in [0.15, 0.2) is 0 Å². The molecule has 0 radical (unpaired) electrons. The van der Waals surface area contributed by atoms with E-state index in [9.17, 15) is 4.79 Å². The van der Waals surface area contributed by atoms with Crippen LogP contribution in [0.3, 0.4) is 0 Å². The maximum Gasteiger partial charge on any atom is 0.253 e. The van der Waals surface area contributed by atoms with Crippen molar-refractivity contribution in [2.24, 2.45) is 5.92 Å². The zero-order chi connectivity index (χ0) is 18.5. The molecule has 0 aromatic heterocycles. The molecule has 138 valence electrons. The van der Waals surface area contributed by atoms with Gasteiger partial charge in [-0.1, -0.05) is 30.3 Å². The minimum Gasteiger partial charge on any atom is -0.381 e. The van der Waals surface area contributed by atoms with Crippen LogP contribution in [0, 0.1) is 19.8 Å². The highest BCUT2D eigenvalue weighted by atomic mass is 16.5. The molecule has 0 atom stereocenters. The summed E-state index contributed by atoms with van der Waals surface area (Å²) in [5.41, 5.74) is 5.75. The lowest BCUT2D eigenvalue weighted by Gasteiger charge is -2.29. The molecule has 3 nitrogen and oxygen atoms in total. The van der Waals surface area contributed by atoms with Gasteiger partial charge in [-0.05, 0) is 73.9 Å². The number of nitrogens with zero attached hydrogens (tertiary/aromatic N) is 1. The SMILES string of the molecule is CCN(CC1CCOCC1)C(=O)c1ccc(-c2cccc(C)c2C)cc1. The molecule has 0 bridgehead atoms. The first-order valence-corrected chi connectivity index (χ1v) is 9.63. The normalized spacial score (nSPS) is 15.0. The van der Waals surface area contributed by atoms with Crippen molar-refractivity contribution in [1.82, 2.24) is 4.90 Å². The summed E-state index contributed by atoms with van der Waals surface area (Å²) >= 11 is 0. The lowest BCUT2D eigenvalue weighted by Crippen LogP contribution is -2.37. The molecular weight excluding hydrogens is 322 g/mol. The lowest BCUT2D eigenvalue weighted by atomic mass is 9.96. The fraction of sp³-hybridized carbons (Fsp3) is 0.435. The minimum absolute atomic E-state index is 0.131. The van der Waals surface area contributed by atoms with Crippen molar-refractivity contribution in [3.63, 3.8) is 0 Å². The van der Waals surface area contributed by atoms with Crippen LogP contribution in [0.2, 0.25) is 0 Å². The average Bonchev–Trinajstić information content (AvgIpc) is 2.69. The zero-order valence-corrected chi connectivity index (χ0v) is 16.1. The van der Waals surface area contributed by atoms with E-state index < -0.39 is 0 Å². The first-order chi connectivity index (χ1) is 12.6. The van der Waals surface area contributed by atoms with Crippen LogP contribution < -0.4 is 0 Å². The van der Waals surface area contributed by atoms with Crippen LogP contribution in [0.1, 0.15) is 41.3 Å². The first kappa shape index (κ1) is 18.7. The van der Waals surface area contributed by atoms with Gasteiger partial charge in [-0.25, -0.2) is 0 Å². The summed E-state index contributed by atoms with van der Waals surface area (Å²) in [6, 6.07) is 14.4. The fourth-order valence-corrected chi connectivity index (χ4v) is 3.64. The Morgan fingerprint density at radius 1 is 1.08 bits per heavy atom. The quantitative estimate of drug-likeness (QED) is 0.770. The first-order valence-electron chi connectivity index (χ1n) is 9.63. The van der Waals surface area contributed by atoms with Crippen LogP contribution in [-0.2, 0) is 4.74 Å². The molecule has 2 aromatic carbocycles. The van der Waals surface area contributed by atoms with Crippen LogP contribution in [0.25, 0.3) is 11.1 Å². The second-order valence-corrected chi connectivity index (χ2v) is 7.22. The van der Waals surface area contributed by atoms with Crippen LogP contribution in [0.15, 0.2) is 42.5 Å². The van der Waals surface area contributed by atoms with Crippen LogP contribution >= 0.6 is 0 Å². The number of benzene rings is 2. The Kier molecular flexibility index (Phi) is 6.10. The van der Waals surface area contributed by atoms with Gasteiger partial charge in [-0.3, -0.25) is 4.79 Å². The summed E-state index contributed by atoms with van der Waals surface area (Å²) in [6.07, 6.45) is 2.10. The molecule has 2 aromatic rings. The monoisotopic (exact) mass is 351 g/mol. The molecule has 0 unspecified atom stereocenters. The summed E-state index contributed by atoms with van der Waals surface area (Å²) in [7, 11) is 0. The third-order valence-corrected chi connectivity index (χ3v) is 5.54. The van der Waals surface area contributed by atoms with Gasteiger partial charge >= 0.3 is 0 Å². The molecule has 0 N–H and O–H groups in total. The lowest BCUT2D eigenvalue weighted by molar-refractivity contribution is 0.0467. The Balaban J connectivity index is 1.74. The predicted octanol–water partition coefficient (Wildman–Crippen LogP) is 4.86. The van der Waals surface area contributed by atoms with Gasteiger partial charge in [0.1, 0.15) is 0 Å². The summed E-state index contributed by atoms with van der Waals surface area (Å²) in [5, 5.41) is 0. The molecule has 0 spiro atoms. The maximum absolute atomic E-state index is 12.9. The Bertz CT molecular complexity index is 745. The third kappa shape index (κ3) is 4.16. The Morgan fingerprint density at radius 3 is 2.42 bits per heavy atom. The second-order valence-electron chi connectivity index (χ2n) is 7.22. The number of ether oxygens (including phenoxy) is 1. The standard InChI is InChI=1S/C23H29NO2/c1-4-24(16-19-12-14-26-15-13-19)23(25)21-10-8-20(9-11-21)22-7-5-6-17(2)18(22)3/h5-11,19H,4,12-16H2,1-3H3. The van der Waals surface area contributed by atoms with Gasteiger partial charge in [-0.15, -0.1) is 0 Å². The van der Waals surface area contributed by atoms with E-state index in [-0.39, 0.29) is 5.91 Å². The summed E-state index contributed by atoms with van der Waals surface area (Å²) < 4.78 is 5.43. The number of rotatable bonds is 5. The molecule has 0 aliphatic carbocycles. The molecule has 1 amide bonds. The number of hydrogen-bond acceptors (Lipinski definition) is 2. The minimum atomic E-state index is 0.131. The van der Waals surface area contributed by atoms with Gasteiger partial charge in [0, 0.05) is 31.9 Å². The molecular formula is C23H29NO2. The maximum atomic E-state index is 12.9. The van der Waals surface area contributed by atoms with Crippen LogP contribution in [0.4, 0.5) is 0 Å². The van der Waals surface area contributed by atoms with E-state index in [1.807, 2.05) is 17.0 Å². The molecule has 1 aliphatic rings. The van der Waals surface area contributed by atoms with E-state index in [2.05, 4.69) is 51.1 Å². The number of aryl methyl sites for hydroxylation is 1. The molecule has 1 fully saturated rings. The van der Waals surface area contributed by atoms with Crippen LogP contribution in [-0.4, -0.2) is 37.1 Å². The molecule has 1 heterocycles. The molecule has 26 heavy (non-hydrogen) atoms. The highest BCUT2D eigenvalue weighted by molar-refractivity contribution is 5.94. The van der Waals surface area contributed by atoms with Crippen molar-refractivity contribution in [3.05, 3.63) is 59.2 Å². The Hall–Kier alpha value is -2.13. The van der Waals surface area contributed by atoms with Crippen molar-refractivity contribution in [2.75, 3.05) is 26.3 Å². The van der Waals surface area contributed by atoms with Crippen molar-refractivity contribution in [3.8, 4) is 11.1 Å². The topological polar surface area (TPSA) is 29.5 Å². The van der Waals surface area contributed by atoms with Gasteiger partial charge in [0.2, 0.25) is 0 Å². The van der Waals surface area contributed by atoms with Gasteiger partial charge < -0.3 is 9.64 Å². The number of amides is 1. The Morgan fingerprint density at radius 2 is 1.77 bits per heavy atom. The van der Waals surface area contributed by atoms with Crippen LogP contribution in [0.5, 0.6) is 0 Å². The fourth-order valence-electron chi connectivity index (χ4n) is 3.64. The summed E-state index contributed by atoms with van der Waals surface area (Å²) in [6.45, 7) is 9.55. The highest BCUT2D eigenvalue weighted by Crippen LogP contribution is 2.26. The van der Waals surface area contributed by atoms with Crippen molar-refractivity contribution in [1.29, 1.82) is 0 Å². The van der Waals surface area contributed by atoms with Crippen molar-refractivity contribution >= 4 is 5.91 Å². The van der Waals surface area contributed by atoms with E-state index in [1.165, 1.54) is 16.7 Å². The summed E-state index contributed by atoms with van der Waals surface area (Å²) in [4.78, 5) is 14.9. The zero-order valence-electron chi connectivity index (χ0n) is 16.1. The molecule has 1 aliphatic heterocycles. The number of carbonyl (C=O) groups excluding carboxylic acids is 1. The van der Waals surface area contributed by atoms with Crippen molar-refractivity contribution < 1.29 is 9.53 Å². The van der Waals surface area contributed by atoms with Gasteiger partial charge in [-0.2, -0.15) is 0 Å². The Labute approximate surface area is 157 Å². The highest BCUT2D eigenvalue weighted by Gasteiger charge is 2.21. The van der Waals surface area contributed by atoms with E-state index in [0.29, 0.717) is 5.92 Å². The third-order valence-electron chi connectivity index (χ3n) is 5.54. The van der Waals surface area contributed by atoms with Gasteiger partial charge in [0.05, 0.1) is 0 Å². The van der Waals surface area contributed by atoms with Crippen molar-refractivity contribution in [2.45, 2.75) is 33.6 Å². The second kappa shape index (κ2) is 8.50. The molecule has 0 saturated carbocycles. The number of carbonyl (C=O) groups is 1. The van der Waals surface area contributed by atoms with E-state index in [4.69, 9.17) is 4.74 Å². The van der Waals surface area contributed by atoms with E-state index in [1.54, 1.807) is 0 Å². The molecule has 3 heteroatoms. The largest absolute Gasteiger partial charge is 0.381 e. The molecule has 1 saturated heterocycles. The van der Waals surface area contributed by atoms with Gasteiger partial charge in [0.25, 0.3) is 5.91 Å². The predicted molar refractivity (Wildman–Crippen MR) is 106 cm³/mol. The average molecular weight is 351 g/mol. The van der Waals surface area contributed by atoms with E-state index >= 15 is 0 Å². The smallest absolute Gasteiger partial charge is 0.253 e. The van der Waals surface area contributed by atoms with E-state index in [0.717, 1.165) is 50.3 Å². The molecule has 3 rings (SSSR count). The number of hydrogen-bond donors (Lipinski definition) is 0.